The van der Waals surface area contributed by atoms with E-state index in [1.807, 2.05) is 31.4 Å². The summed E-state index contributed by atoms with van der Waals surface area (Å²) in [5, 5.41) is 3.43. The summed E-state index contributed by atoms with van der Waals surface area (Å²) in [4.78, 5) is 11.1. The van der Waals surface area contributed by atoms with Gasteiger partial charge < -0.3 is 10.2 Å². The number of hydrogen-bond donors (Lipinski definition) is 1. The molecule has 3 rings (SSSR count). The zero-order chi connectivity index (χ0) is 15.9. The number of hydrogen-bond acceptors (Lipinski definition) is 2. The average molecular weight is 308 g/mol. The third-order valence-corrected chi connectivity index (χ3v) is 4.32. The third kappa shape index (κ3) is 4.31. The molecule has 0 radical (unpaired) electrons. The van der Waals surface area contributed by atoms with Gasteiger partial charge in [0.1, 0.15) is 0 Å². The molecule has 2 aromatic rings. The summed E-state index contributed by atoms with van der Waals surface area (Å²) in [6.07, 6.45) is 4.19. The lowest BCUT2D eigenvalue weighted by atomic mass is 9.99. The van der Waals surface area contributed by atoms with Crippen molar-refractivity contribution in [2.24, 2.45) is 10.9 Å². The Kier molecular flexibility index (Phi) is 5.25. The van der Waals surface area contributed by atoms with Crippen molar-refractivity contribution in [3.05, 3.63) is 66.0 Å². The zero-order valence-corrected chi connectivity index (χ0v) is 13.7. The van der Waals surface area contributed by atoms with Crippen LogP contribution in [-0.2, 0) is 13.0 Å². The Bertz CT molecular complexity index is 624. The van der Waals surface area contributed by atoms with E-state index >= 15 is 0 Å². The maximum Gasteiger partial charge on any atom is 0.193 e. The van der Waals surface area contributed by atoms with Crippen LogP contribution in [0.25, 0.3) is 0 Å². The van der Waals surface area contributed by atoms with E-state index in [4.69, 9.17) is 0 Å². The van der Waals surface area contributed by atoms with Crippen molar-refractivity contribution in [3.8, 4) is 0 Å². The van der Waals surface area contributed by atoms with Crippen LogP contribution in [0.2, 0.25) is 0 Å². The lowest BCUT2D eigenvalue weighted by molar-refractivity contribution is 0.459. The van der Waals surface area contributed by atoms with Gasteiger partial charge in [0.25, 0.3) is 0 Å². The molecule has 2 heterocycles. The summed E-state index contributed by atoms with van der Waals surface area (Å²) >= 11 is 0. The van der Waals surface area contributed by atoms with Crippen LogP contribution in [-0.4, -0.2) is 36.0 Å². The Labute approximate surface area is 138 Å². The Hall–Kier alpha value is -2.36. The molecular formula is C19H24N4. The molecule has 4 nitrogen and oxygen atoms in total. The second-order valence-electron chi connectivity index (χ2n) is 6.01. The lowest BCUT2D eigenvalue weighted by Crippen LogP contribution is -2.39. The molecule has 0 spiro atoms. The van der Waals surface area contributed by atoms with Gasteiger partial charge in [0.05, 0.1) is 12.2 Å². The van der Waals surface area contributed by atoms with Gasteiger partial charge in [0, 0.05) is 26.3 Å². The van der Waals surface area contributed by atoms with Gasteiger partial charge in [-0.05, 0) is 36.5 Å². The van der Waals surface area contributed by atoms with Crippen LogP contribution >= 0.6 is 0 Å². The maximum atomic E-state index is 4.43. The molecule has 1 saturated heterocycles. The van der Waals surface area contributed by atoms with E-state index in [9.17, 15) is 0 Å². The topological polar surface area (TPSA) is 40.5 Å². The molecule has 1 aliphatic rings. The Morgan fingerprint density at radius 3 is 2.78 bits per heavy atom. The molecule has 1 aromatic heterocycles. The molecule has 23 heavy (non-hydrogen) atoms. The van der Waals surface area contributed by atoms with Crippen molar-refractivity contribution < 1.29 is 0 Å². The quantitative estimate of drug-likeness (QED) is 0.697. The van der Waals surface area contributed by atoms with Crippen LogP contribution in [0, 0.1) is 5.92 Å². The molecule has 1 atom stereocenters. The van der Waals surface area contributed by atoms with Gasteiger partial charge in [0.15, 0.2) is 5.96 Å². The number of nitrogens with one attached hydrogen (secondary N) is 1. The highest BCUT2D eigenvalue weighted by Crippen LogP contribution is 2.20. The van der Waals surface area contributed by atoms with E-state index < -0.39 is 0 Å². The van der Waals surface area contributed by atoms with Crippen molar-refractivity contribution in [1.29, 1.82) is 0 Å². The number of rotatable bonds is 4. The standard InChI is InChI=1S/C19H24N4/c1-20-19(22-14-18-9-5-6-11-21-18)23-12-10-17(15-23)13-16-7-3-2-4-8-16/h2-9,11,17H,10,12-15H2,1H3,(H,20,22). The minimum absolute atomic E-state index is 0.700. The highest BCUT2D eigenvalue weighted by molar-refractivity contribution is 5.80. The monoisotopic (exact) mass is 308 g/mol. The van der Waals surface area contributed by atoms with Crippen molar-refractivity contribution in [2.45, 2.75) is 19.4 Å². The molecule has 120 valence electrons. The predicted molar refractivity (Wildman–Crippen MR) is 94.3 cm³/mol. The molecule has 4 heteroatoms. The summed E-state index contributed by atoms with van der Waals surface area (Å²) < 4.78 is 0. The molecule has 1 N–H and O–H groups in total. The van der Waals surface area contributed by atoms with Crippen molar-refractivity contribution in [2.75, 3.05) is 20.1 Å². The summed E-state index contributed by atoms with van der Waals surface area (Å²) in [6, 6.07) is 16.7. The van der Waals surface area contributed by atoms with Gasteiger partial charge in [-0.2, -0.15) is 0 Å². The first-order valence-electron chi connectivity index (χ1n) is 8.24. The molecule has 0 saturated carbocycles. The summed E-state index contributed by atoms with van der Waals surface area (Å²) in [6.45, 7) is 2.85. The van der Waals surface area contributed by atoms with Crippen LogP contribution in [0.15, 0.2) is 59.7 Å². The minimum atomic E-state index is 0.700. The van der Waals surface area contributed by atoms with E-state index in [-0.39, 0.29) is 0 Å². The molecule has 1 unspecified atom stereocenters. The molecule has 1 fully saturated rings. The minimum Gasteiger partial charge on any atom is -0.351 e. The second-order valence-corrected chi connectivity index (χ2v) is 6.01. The molecule has 1 aliphatic heterocycles. The lowest BCUT2D eigenvalue weighted by Gasteiger charge is -2.21. The van der Waals surface area contributed by atoms with Crippen LogP contribution in [0.4, 0.5) is 0 Å². The molecule has 0 bridgehead atoms. The number of aromatic nitrogens is 1. The Morgan fingerprint density at radius 1 is 1.22 bits per heavy atom. The highest BCUT2D eigenvalue weighted by Gasteiger charge is 2.24. The van der Waals surface area contributed by atoms with E-state index in [1.165, 1.54) is 12.0 Å². The fourth-order valence-corrected chi connectivity index (χ4v) is 3.14. The SMILES string of the molecule is CN=C(NCc1ccccn1)N1CCC(Cc2ccccc2)C1. The van der Waals surface area contributed by atoms with Crippen LogP contribution in [0.5, 0.6) is 0 Å². The molecule has 1 aromatic carbocycles. The normalized spacial score (nSPS) is 18.2. The van der Waals surface area contributed by atoms with Gasteiger partial charge in [-0.15, -0.1) is 0 Å². The number of nitrogens with zero attached hydrogens (tertiary/aromatic N) is 3. The summed E-state index contributed by atoms with van der Waals surface area (Å²) in [7, 11) is 1.85. The fourth-order valence-electron chi connectivity index (χ4n) is 3.14. The number of likely N-dealkylation sites (tertiary alicyclic amines) is 1. The van der Waals surface area contributed by atoms with Gasteiger partial charge in [-0.1, -0.05) is 36.4 Å². The van der Waals surface area contributed by atoms with E-state index in [2.05, 4.69) is 50.5 Å². The largest absolute Gasteiger partial charge is 0.351 e. The first-order valence-corrected chi connectivity index (χ1v) is 8.24. The number of benzene rings is 1. The van der Waals surface area contributed by atoms with Gasteiger partial charge in [-0.25, -0.2) is 0 Å². The first kappa shape index (κ1) is 15.5. The molecule has 0 amide bonds. The fraction of sp³-hybridized carbons (Fsp3) is 0.368. The summed E-state index contributed by atoms with van der Waals surface area (Å²) in [5.74, 6) is 1.68. The predicted octanol–water partition coefficient (Wildman–Crippen LogP) is 2.72. The average Bonchev–Trinajstić information content (AvgIpc) is 3.06. The Balaban J connectivity index is 1.52. The smallest absolute Gasteiger partial charge is 0.193 e. The first-order chi connectivity index (χ1) is 11.3. The highest BCUT2D eigenvalue weighted by atomic mass is 15.3. The van der Waals surface area contributed by atoms with Crippen molar-refractivity contribution >= 4 is 5.96 Å². The molecular weight excluding hydrogens is 284 g/mol. The van der Waals surface area contributed by atoms with E-state index in [1.54, 1.807) is 0 Å². The second kappa shape index (κ2) is 7.77. The third-order valence-electron chi connectivity index (χ3n) is 4.32. The Morgan fingerprint density at radius 2 is 2.04 bits per heavy atom. The zero-order valence-electron chi connectivity index (χ0n) is 13.7. The molecule has 0 aliphatic carbocycles. The number of guanidine groups is 1. The van der Waals surface area contributed by atoms with Crippen LogP contribution < -0.4 is 5.32 Å². The van der Waals surface area contributed by atoms with Gasteiger partial charge in [0.2, 0.25) is 0 Å². The van der Waals surface area contributed by atoms with Crippen LogP contribution in [0.1, 0.15) is 17.7 Å². The van der Waals surface area contributed by atoms with Crippen molar-refractivity contribution in [1.82, 2.24) is 15.2 Å². The van der Waals surface area contributed by atoms with Gasteiger partial charge >= 0.3 is 0 Å². The number of pyridine rings is 1. The van der Waals surface area contributed by atoms with E-state index in [0.717, 1.165) is 31.2 Å². The van der Waals surface area contributed by atoms with Crippen LogP contribution in [0.3, 0.4) is 0 Å². The van der Waals surface area contributed by atoms with E-state index in [0.29, 0.717) is 12.5 Å². The summed E-state index contributed by atoms with van der Waals surface area (Å²) in [5.41, 5.74) is 2.46. The maximum absolute atomic E-state index is 4.43. The van der Waals surface area contributed by atoms with Crippen molar-refractivity contribution in [3.63, 3.8) is 0 Å². The number of aliphatic imine (C=N–C) groups is 1. The van der Waals surface area contributed by atoms with Gasteiger partial charge in [-0.3, -0.25) is 9.98 Å².